The summed E-state index contributed by atoms with van der Waals surface area (Å²) in [6, 6.07) is 12.7. The normalized spacial score (nSPS) is 16.4. The van der Waals surface area contributed by atoms with Crippen LogP contribution in [0.1, 0.15) is 40.4 Å². The van der Waals surface area contributed by atoms with Gasteiger partial charge in [-0.1, -0.05) is 24.3 Å². The predicted octanol–water partition coefficient (Wildman–Crippen LogP) is 3.47. The Kier molecular flexibility index (Phi) is 5.11. The number of ether oxygens (including phenoxy) is 1. The van der Waals surface area contributed by atoms with E-state index in [9.17, 15) is 9.59 Å². The van der Waals surface area contributed by atoms with Crippen LogP contribution in [0.3, 0.4) is 0 Å². The van der Waals surface area contributed by atoms with Crippen molar-refractivity contribution in [3.05, 3.63) is 59.2 Å². The van der Waals surface area contributed by atoms with E-state index in [4.69, 9.17) is 10.5 Å². The lowest BCUT2D eigenvalue weighted by molar-refractivity contribution is 0.1000. The van der Waals surface area contributed by atoms with Crippen molar-refractivity contribution in [2.45, 2.75) is 25.8 Å². The Balaban J connectivity index is 1.84. The maximum absolute atomic E-state index is 12.9. The summed E-state index contributed by atoms with van der Waals surface area (Å²) in [6.45, 7) is 2.74. The maximum Gasteiger partial charge on any atom is 0.322 e. The summed E-state index contributed by atoms with van der Waals surface area (Å²) in [4.78, 5) is 26.2. The van der Waals surface area contributed by atoms with E-state index < -0.39 is 5.91 Å². The number of methoxy groups -OCH3 is 1. The van der Waals surface area contributed by atoms with E-state index in [1.54, 1.807) is 12.1 Å². The topological polar surface area (TPSA) is 84.7 Å². The van der Waals surface area contributed by atoms with Crippen molar-refractivity contribution >= 4 is 17.6 Å². The van der Waals surface area contributed by atoms with Gasteiger partial charge >= 0.3 is 6.03 Å². The number of hydrogen-bond donors (Lipinski definition) is 2. The summed E-state index contributed by atoms with van der Waals surface area (Å²) in [5.74, 6) is -0.0721. The molecule has 1 fully saturated rings. The molecule has 0 aromatic heterocycles. The zero-order valence-electron chi connectivity index (χ0n) is 15.0. The molecular formula is C20H23N3O3. The molecule has 2 aromatic rings. The minimum atomic E-state index is -0.554. The number of likely N-dealkylation sites (tertiary alicyclic amines) is 1. The van der Waals surface area contributed by atoms with Gasteiger partial charge in [-0.25, -0.2) is 4.79 Å². The number of carbonyl (C=O) groups excluding carboxylic acids is 2. The molecule has 3 N–H and O–H groups in total. The number of amides is 3. The van der Waals surface area contributed by atoms with Crippen LogP contribution in [0.25, 0.3) is 0 Å². The highest BCUT2D eigenvalue weighted by molar-refractivity contribution is 5.97. The third kappa shape index (κ3) is 3.49. The number of hydrogen-bond acceptors (Lipinski definition) is 3. The molecule has 1 atom stereocenters. The monoisotopic (exact) mass is 353 g/mol. The van der Waals surface area contributed by atoms with Crippen LogP contribution in [0.2, 0.25) is 0 Å². The van der Waals surface area contributed by atoms with Crippen molar-refractivity contribution in [3.8, 4) is 5.75 Å². The van der Waals surface area contributed by atoms with Gasteiger partial charge in [-0.05, 0) is 49.1 Å². The molecule has 3 amide bonds. The Morgan fingerprint density at radius 2 is 2.00 bits per heavy atom. The van der Waals surface area contributed by atoms with Gasteiger partial charge in [-0.3, -0.25) is 4.79 Å². The number of urea groups is 1. The summed E-state index contributed by atoms with van der Waals surface area (Å²) in [5, 5.41) is 2.87. The van der Waals surface area contributed by atoms with Gasteiger partial charge in [0.15, 0.2) is 0 Å². The fraction of sp³-hybridized carbons (Fsp3) is 0.300. The van der Waals surface area contributed by atoms with Crippen molar-refractivity contribution in [1.29, 1.82) is 0 Å². The van der Waals surface area contributed by atoms with Crippen molar-refractivity contribution in [1.82, 2.24) is 4.90 Å². The van der Waals surface area contributed by atoms with E-state index in [1.165, 1.54) is 18.7 Å². The zero-order valence-corrected chi connectivity index (χ0v) is 15.0. The summed E-state index contributed by atoms with van der Waals surface area (Å²) in [6.07, 6.45) is 1.88. The molecule has 136 valence electrons. The van der Waals surface area contributed by atoms with Crippen molar-refractivity contribution in [3.63, 3.8) is 0 Å². The minimum absolute atomic E-state index is 0.0431. The Labute approximate surface area is 152 Å². The molecule has 0 spiro atoms. The summed E-state index contributed by atoms with van der Waals surface area (Å²) < 4.78 is 5.29. The maximum atomic E-state index is 12.9. The van der Waals surface area contributed by atoms with Gasteiger partial charge in [0.05, 0.1) is 18.8 Å². The molecule has 6 nitrogen and oxygen atoms in total. The zero-order chi connectivity index (χ0) is 18.7. The fourth-order valence-electron chi connectivity index (χ4n) is 3.44. The van der Waals surface area contributed by atoms with Crippen LogP contribution >= 0.6 is 0 Å². The van der Waals surface area contributed by atoms with E-state index >= 15 is 0 Å². The van der Waals surface area contributed by atoms with Crippen molar-refractivity contribution in [2.75, 3.05) is 19.0 Å². The Morgan fingerprint density at radius 3 is 2.69 bits per heavy atom. The number of anilines is 1. The minimum Gasteiger partial charge on any atom is -0.495 e. The number of carbonyl (C=O) groups is 2. The molecule has 3 rings (SSSR count). The molecule has 0 unspecified atom stereocenters. The van der Waals surface area contributed by atoms with Crippen LogP contribution in [0.15, 0.2) is 42.5 Å². The number of rotatable bonds is 4. The van der Waals surface area contributed by atoms with E-state index in [0.29, 0.717) is 23.5 Å². The van der Waals surface area contributed by atoms with Crippen LogP contribution < -0.4 is 15.8 Å². The van der Waals surface area contributed by atoms with Gasteiger partial charge in [0.2, 0.25) is 5.91 Å². The van der Waals surface area contributed by atoms with Gasteiger partial charge in [-0.2, -0.15) is 0 Å². The van der Waals surface area contributed by atoms with E-state index in [0.717, 1.165) is 18.4 Å². The second-order valence-electron chi connectivity index (χ2n) is 6.42. The lowest BCUT2D eigenvalue weighted by atomic mass is 9.99. The van der Waals surface area contributed by atoms with Gasteiger partial charge in [0.25, 0.3) is 0 Å². The molecule has 0 saturated carbocycles. The molecular weight excluding hydrogens is 330 g/mol. The molecule has 0 radical (unpaired) electrons. The largest absolute Gasteiger partial charge is 0.495 e. The van der Waals surface area contributed by atoms with Gasteiger partial charge in [0.1, 0.15) is 5.75 Å². The van der Waals surface area contributed by atoms with Gasteiger partial charge < -0.3 is 20.7 Å². The number of nitrogens with two attached hydrogens (primary N) is 1. The van der Waals surface area contributed by atoms with Gasteiger partial charge in [0, 0.05) is 12.1 Å². The molecule has 2 aromatic carbocycles. The first kappa shape index (κ1) is 17.8. The highest BCUT2D eigenvalue weighted by atomic mass is 16.5. The Hall–Kier alpha value is -3.02. The lowest BCUT2D eigenvalue weighted by Crippen LogP contribution is -2.34. The number of benzene rings is 2. The lowest BCUT2D eigenvalue weighted by Gasteiger charge is -2.27. The first-order chi connectivity index (χ1) is 12.5. The van der Waals surface area contributed by atoms with Crippen LogP contribution in [0.5, 0.6) is 5.75 Å². The molecule has 1 aliphatic heterocycles. The van der Waals surface area contributed by atoms with Crippen LogP contribution in [0.4, 0.5) is 10.5 Å². The number of primary amides is 1. The van der Waals surface area contributed by atoms with Crippen LogP contribution in [-0.4, -0.2) is 30.5 Å². The Morgan fingerprint density at radius 1 is 1.23 bits per heavy atom. The average molecular weight is 353 g/mol. The number of nitrogens with one attached hydrogen (secondary N) is 1. The van der Waals surface area contributed by atoms with Crippen molar-refractivity contribution in [2.24, 2.45) is 5.73 Å². The standard InChI is InChI=1S/C20H23N3O3/c1-13-6-3-4-7-15(13)17-8-5-11-23(17)20(25)22-16-12-14(19(21)24)9-10-18(16)26-2/h3-4,6-7,9-10,12,17H,5,8,11H2,1-2H3,(H2,21,24)(H,22,25)/t17-/m0/s1. The van der Waals surface area contributed by atoms with E-state index in [1.807, 2.05) is 17.0 Å². The van der Waals surface area contributed by atoms with E-state index in [-0.39, 0.29) is 12.1 Å². The van der Waals surface area contributed by atoms with Crippen LogP contribution in [-0.2, 0) is 0 Å². The third-order valence-corrected chi connectivity index (χ3v) is 4.79. The smallest absolute Gasteiger partial charge is 0.322 e. The van der Waals surface area contributed by atoms with Crippen molar-refractivity contribution < 1.29 is 14.3 Å². The molecule has 1 heterocycles. The van der Waals surface area contributed by atoms with Crippen LogP contribution in [0, 0.1) is 6.92 Å². The first-order valence-electron chi connectivity index (χ1n) is 8.62. The fourth-order valence-corrected chi connectivity index (χ4v) is 3.44. The highest BCUT2D eigenvalue weighted by Crippen LogP contribution is 2.35. The third-order valence-electron chi connectivity index (χ3n) is 4.79. The van der Waals surface area contributed by atoms with E-state index in [2.05, 4.69) is 24.4 Å². The molecule has 26 heavy (non-hydrogen) atoms. The molecule has 1 saturated heterocycles. The molecule has 0 aliphatic carbocycles. The first-order valence-corrected chi connectivity index (χ1v) is 8.62. The average Bonchev–Trinajstić information content (AvgIpc) is 3.11. The molecule has 1 aliphatic rings. The molecule has 0 bridgehead atoms. The summed E-state index contributed by atoms with van der Waals surface area (Å²) in [7, 11) is 1.51. The second kappa shape index (κ2) is 7.47. The summed E-state index contributed by atoms with van der Waals surface area (Å²) >= 11 is 0. The SMILES string of the molecule is COc1ccc(C(N)=O)cc1NC(=O)N1CCC[C@H]1c1ccccc1C. The quantitative estimate of drug-likeness (QED) is 0.882. The second-order valence-corrected chi connectivity index (χ2v) is 6.42. The predicted molar refractivity (Wildman–Crippen MR) is 100 cm³/mol. The highest BCUT2D eigenvalue weighted by Gasteiger charge is 2.31. The molecule has 6 heteroatoms. The summed E-state index contributed by atoms with van der Waals surface area (Å²) in [5.41, 5.74) is 8.43. The Bertz CT molecular complexity index is 835. The number of aryl methyl sites for hydroxylation is 1. The number of nitrogens with zero attached hydrogens (tertiary/aromatic N) is 1. The van der Waals surface area contributed by atoms with Gasteiger partial charge in [-0.15, -0.1) is 0 Å².